The van der Waals surface area contributed by atoms with Crippen LogP contribution in [0.25, 0.3) is 0 Å². The van der Waals surface area contributed by atoms with E-state index in [1.165, 1.54) is 6.07 Å². The van der Waals surface area contributed by atoms with Crippen molar-refractivity contribution in [1.29, 1.82) is 0 Å². The normalized spacial score (nSPS) is 11.6. The second kappa shape index (κ2) is 7.01. The van der Waals surface area contributed by atoms with E-state index < -0.39 is 0 Å². The van der Waals surface area contributed by atoms with Crippen molar-refractivity contribution in [3.8, 4) is 0 Å². The lowest BCUT2D eigenvalue weighted by molar-refractivity contribution is -0.385. The van der Waals surface area contributed by atoms with Gasteiger partial charge in [-0.15, -0.1) is 0 Å². The Labute approximate surface area is 122 Å². The first-order chi connectivity index (χ1) is 8.96. The Morgan fingerprint density at radius 1 is 1.21 bits per heavy atom. The predicted molar refractivity (Wildman–Crippen MR) is 81.2 cm³/mol. The maximum absolute atomic E-state index is 10.8. The minimum absolute atomic E-state index is 0.122. The summed E-state index contributed by atoms with van der Waals surface area (Å²) in [5.74, 6) is 0. The topological polar surface area (TPSA) is 55.2 Å². The van der Waals surface area contributed by atoms with E-state index in [9.17, 15) is 10.1 Å². The van der Waals surface area contributed by atoms with Crippen LogP contribution >= 0.6 is 15.9 Å². The van der Waals surface area contributed by atoms with Crippen molar-refractivity contribution in [2.75, 3.05) is 0 Å². The zero-order chi connectivity index (χ0) is 14.5. The van der Waals surface area contributed by atoms with Crippen molar-refractivity contribution in [3.63, 3.8) is 0 Å². The highest BCUT2D eigenvalue weighted by molar-refractivity contribution is 9.10. The molecular formula is C14H21BrN2O2. The fraction of sp³-hybridized carbons (Fsp3) is 0.571. The molecule has 5 heteroatoms. The zero-order valence-corrected chi connectivity index (χ0v) is 13.3. The number of halogens is 1. The molecule has 0 fully saturated rings. The van der Waals surface area contributed by atoms with E-state index >= 15 is 0 Å². The number of rotatable bonds is 7. The number of benzene rings is 1. The van der Waals surface area contributed by atoms with E-state index in [0.29, 0.717) is 6.54 Å². The third kappa shape index (κ3) is 4.28. The number of non-ortho nitro benzene ring substituents is 1. The van der Waals surface area contributed by atoms with Crippen LogP contribution in [0.4, 0.5) is 5.69 Å². The van der Waals surface area contributed by atoms with Crippen LogP contribution in [0, 0.1) is 10.1 Å². The van der Waals surface area contributed by atoms with E-state index in [2.05, 4.69) is 42.0 Å². The van der Waals surface area contributed by atoms with Crippen LogP contribution in [0.15, 0.2) is 22.7 Å². The molecule has 1 rings (SSSR count). The summed E-state index contributed by atoms with van der Waals surface area (Å²) in [5.41, 5.74) is 1.18. The molecule has 0 aromatic heterocycles. The Bertz CT molecular complexity index is 437. The smallest absolute Gasteiger partial charge is 0.270 e. The van der Waals surface area contributed by atoms with Gasteiger partial charge in [0.25, 0.3) is 5.69 Å². The average molecular weight is 329 g/mol. The van der Waals surface area contributed by atoms with Gasteiger partial charge in [0.15, 0.2) is 0 Å². The van der Waals surface area contributed by atoms with Gasteiger partial charge < -0.3 is 5.32 Å². The second-order valence-corrected chi connectivity index (χ2v) is 5.69. The minimum Gasteiger partial charge on any atom is -0.307 e. The second-order valence-electron chi connectivity index (χ2n) is 4.77. The number of nitrogens with one attached hydrogen (secondary N) is 1. The highest BCUT2D eigenvalue weighted by Crippen LogP contribution is 2.24. The van der Waals surface area contributed by atoms with E-state index in [0.717, 1.165) is 29.3 Å². The first-order valence-electron chi connectivity index (χ1n) is 6.65. The molecule has 0 unspecified atom stereocenters. The molecule has 0 spiro atoms. The molecule has 0 saturated carbocycles. The van der Waals surface area contributed by atoms with Crippen LogP contribution in [-0.4, -0.2) is 10.5 Å². The van der Waals surface area contributed by atoms with E-state index in [1.807, 2.05) is 6.07 Å². The van der Waals surface area contributed by atoms with Crippen molar-refractivity contribution in [2.45, 2.75) is 52.1 Å². The average Bonchev–Trinajstić information content (AvgIpc) is 2.40. The summed E-state index contributed by atoms with van der Waals surface area (Å²) in [7, 11) is 0. The van der Waals surface area contributed by atoms with Crippen LogP contribution in [0.1, 0.15) is 45.6 Å². The quantitative estimate of drug-likeness (QED) is 0.595. The number of nitro groups is 1. The van der Waals surface area contributed by atoms with Gasteiger partial charge in [-0.05, 0) is 30.9 Å². The Morgan fingerprint density at radius 3 is 2.26 bits per heavy atom. The maximum atomic E-state index is 10.8. The Kier molecular flexibility index (Phi) is 5.94. The van der Waals surface area contributed by atoms with Crippen molar-refractivity contribution >= 4 is 21.6 Å². The number of hydrogen-bond acceptors (Lipinski definition) is 3. The minimum atomic E-state index is -0.360. The van der Waals surface area contributed by atoms with E-state index in [4.69, 9.17) is 0 Å². The zero-order valence-electron chi connectivity index (χ0n) is 11.7. The SMILES string of the molecule is CCC(CC)(CC)NCc1cc(Br)cc([N+](=O)[O-])c1. The summed E-state index contributed by atoms with van der Waals surface area (Å²) in [6, 6.07) is 5.07. The first-order valence-corrected chi connectivity index (χ1v) is 7.44. The van der Waals surface area contributed by atoms with Gasteiger partial charge in [0.05, 0.1) is 4.92 Å². The Morgan fingerprint density at radius 2 is 1.79 bits per heavy atom. The van der Waals surface area contributed by atoms with Gasteiger partial charge in [0.2, 0.25) is 0 Å². The molecule has 0 heterocycles. The Hall–Kier alpha value is -0.940. The molecule has 0 aliphatic carbocycles. The summed E-state index contributed by atoms with van der Waals surface area (Å²) in [6.45, 7) is 7.16. The molecule has 0 radical (unpaired) electrons. The summed E-state index contributed by atoms with van der Waals surface area (Å²) < 4.78 is 0.744. The summed E-state index contributed by atoms with van der Waals surface area (Å²) in [5, 5.41) is 14.4. The fourth-order valence-corrected chi connectivity index (χ4v) is 2.78. The van der Waals surface area contributed by atoms with Gasteiger partial charge in [0, 0.05) is 28.7 Å². The molecule has 4 nitrogen and oxygen atoms in total. The van der Waals surface area contributed by atoms with Gasteiger partial charge in [-0.25, -0.2) is 0 Å². The molecule has 0 saturated heterocycles. The predicted octanol–water partition coefficient (Wildman–Crippen LogP) is 4.42. The molecule has 106 valence electrons. The van der Waals surface area contributed by atoms with Gasteiger partial charge in [0.1, 0.15) is 0 Å². The van der Waals surface area contributed by atoms with Gasteiger partial charge in [-0.1, -0.05) is 36.7 Å². The van der Waals surface area contributed by atoms with Crippen molar-refractivity contribution in [3.05, 3.63) is 38.3 Å². The van der Waals surface area contributed by atoms with E-state index in [-0.39, 0.29) is 16.1 Å². The molecule has 0 aliphatic rings. The monoisotopic (exact) mass is 328 g/mol. The highest BCUT2D eigenvalue weighted by Gasteiger charge is 2.22. The lowest BCUT2D eigenvalue weighted by Gasteiger charge is -2.32. The lowest BCUT2D eigenvalue weighted by atomic mass is 9.89. The van der Waals surface area contributed by atoms with Crippen LogP contribution in [-0.2, 0) is 6.54 Å². The standard InChI is InChI=1S/C14H21BrN2O2/c1-4-14(5-2,6-3)16-10-11-7-12(15)9-13(8-11)17(18)19/h7-9,16H,4-6,10H2,1-3H3. The van der Waals surface area contributed by atoms with Gasteiger partial charge in [-0.2, -0.15) is 0 Å². The maximum Gasteiger partial charge on any atom is 0.270 e. The molecular weight excluding hydrogens is 308 g/mol. The molecule has 1 aromatic rings. The van der Waals surface area contributed by atoms with Crippen molar-refractivity contribution < 1.29 is 4.92 Å². The molecule has 19 heavy (non-hydrogen) atoms. The number of nitro benzene ring substituents is 1. The largest absolute Gasteiger partial charge is 0.307 e. The number of nitrogens with zero attached hydrogens (tertiary/aromatic N) is 1. The molecule has 1 N–H and O–H groups in total. The summed E-state index contributed by atoms with van der Waals surface area (Å²) in [4.78, 5) is 10.5. The third-order valence-electron chi connectivity index (χ3n) is 3.85. The van der Waals surface area contributed by atoms with Crippen LogP contribution in [0.2, 0.25) is 0 Å². The van der Waals surface area contributed by atoms with Crippen molar-refractivity contribution in [2.24, 2.45) is 0 Å². The van der Waals surface area contributed by atoms with E-state index in [1.54, 1.807) is 6.07 Å². The number of hydrogen-bond donors (Lipinski definition) is 1. The summed E-state index contributed by atoms with van der Waals surface area (Å²) >= 11 is 3.32. The molecule has 0 aliphatic heterocycles. The first kappa shape index (κ1) is 16.1. The Balaban J connectivity index is 2.85. The lowest BCUT2D eigenvalue weighted by Crippen LogP contribution is -2.43. The molecule has 0 atom stereocenters. The fourth-order valence-electron chi connectivity index (χ4n) is 2.26. The van der Waals surface area contributed by atoms with Gasteiger partial charge >= 0.3 is 0 Å². The third-order valence-corrected chi connectivity index (χ3v) is 4.31. The summed E-state index contributed by atoms with van der Waals surface area (Å²) in [6.07, 6.45) is 3.16. The highest BCUT2D eigenvalue weighted by atomic mass is 79.9. The van der Waals surface area contributed by atoms with Crippen LogP contribution in [0.3, 0.4) is 0 Å². The van der Waals surface area contributed by atoms with Gasteiger partial charge in [-0.3, -0.25) is 10.1 Å². The van der Waals surface area contributed by atoms with Crippen LogP contribution < -0.4 is 5.32 Å². The molecule has 0 amide bonds. The van der Waals surface area contributed by atoms with Crippen LogP contribution in [0.5, 0.6) is 0 Å². The molecule has 0 bridgehead atoms. The molecule has 1 aromatic carbocycles. The van der Waals surface area contributed by atoms with Crippen molar-refractivity contribution in [1.82, 2.24) is 5.32 Å².